The molecule has 1 saturated heterocycles. The molecule has 1 aromatic carbocycles. The largest absolute Gasteiger partial charge is 0.372 e. The molecule has 4 rings (SSSR count). The minimum absolute atomic E-state index is 0.241. The molecule has 1 aliphatic heterocycles. The van der Waals surface area contributed by atoms with Gasteiger partial charge in [-0.3, -0.25) is 4.79 Å². The Kier molecular flexibility index (Phi) is 5.23. The molecule has 7 nitrogen and oxygen atoms in total. The third-order valence-corrected chi connectivity index (χ3v) is 4.74. The summed E-state index contributed by atoms with van der Waals surface area (Å²) in [7, 11) is 0. The lowest BCUT2D eigenvalue weighted by Gasteiger charge is -2.28. The molecule has 1 amide bonds. The Labute approximate surface area is 163 Å². The zero-order chi connectivity index (χ0) is 19.3. The summed E-state index contributed by atoms with van der Waals surface area (Å²) in [6.07, 6.45) is 5.39. The smallest absolute Gasteiger partial charge is 0.274 e. The molecule has 3 aromatic rings. The molecule has 0 bridgehead atoms. The van der Waals surface area contributed by atoms with Gasteiger partial charge in [-0.1, -0.05) is 5.16 Å². The highest BCUT2D eigenvalue weighted by atomic mass is 16.5. The summed E-state index contributed by atoms with van der Waals surface area (Å²) in [4.78, 5) is 19.1. The summed E-state index contributed by atoms with van der Waals surface area (Å²) >= 11 is 0. The van der Waals surface area contributed by atoms with E-state index in [0.717, 1.165) is 30.2 Å². The molecule has 0 saturated carbocycles. The Morgan fingerprint density at radius 1 is 1.04 bits per heavy atom. The molecule has 2 N–H and O–H groups in total. The molecule has 0 spiro atoms. The van der Waals surface area contributed by atoms with Crippen molar-refractivity contribution in [2.24, 2.45) is 0 Å². The zero-order valence-corrected chi connectivity index (χ0v) is 15.8. The van der Waals surface area contributed by atoms with Gasteiger partial charge < -0.3 is 20.1 Å². The number of anilines is 4. The van der Waals surface area contributed by atoms with Gasteiger partial charge in [-0.05, 0) is 62.6 Å². The second-order valence-electron chi connectivity index (χ2n) is 6.93. The van der Waals surface area contributed by atoms with Crippen LogP contribution >= 0.6 is 0 Å². The quantitative estimate of drug-likeness (QED) is 0.687. The summed E-state index contributed by atoms with van der Waals surface area (Å²) in [6, 6.07) is 13.2. The maximum atomic E-state index is 12.4. The number of aromatic nitrogens is 2. The van der Waals surface area contributed by atoms with Crippen LogP contribution in [0.1, 0.15) is 35.5 Å². The number of aryl methyl sites for hydroxylation is 1. The van der Waals surface area contributed by atoms with Crippen molar-refractivity contribution in [1.29, 1.82) is 0 Å². The van der Waals surface area contributed by atoms with Gasteiger partial charge in [0.25, 0.3) is 5.91 Å². The first-order chi connectivity index (χ1) is 13.7. The summed E-state index contributed by atoms with van der Waals surface area (Å²) < 4.78 is 5.01. The first-order valence-electron chi connectivity index (χ1n) is 9.50. The number of pyridine rings is 1. The molecule has 0 radical (unpaired) electrons. The molecule has 0 unspecified atom stereocenters. The highest BCUT2D eigenvalue weighted by Crippen LogP contribution is 2.22. The third-order valence-electron chi connectivity index (χ3n) is 4.74. The predicted molar refractivity (Wildman–Crippen MR) is 109 cm³/mol. The van der Waals surface area contributed by atoms with Crippen LogP contribution in [0.4, 0.5) is 22.9 Å². The molecule has 28 heavy (non-hydrogen) atoms. The Bertz CT molecular complexity index is 928. The average molecular weight is 377 g/mol. The number of benzene rings is 1. The maximum Gasteiger partial charge on any atom is 0.274 e. The molecule has 3 heterocycles. The Morgan fingerprint density at radius 3 is 2.43 bits per heavy atom. The van der Waals surface area contributed by atoms with Gasteiger partial charge in [-0.2, -0.15) is 0 Å². The molecule has 0 aliphatic carbocycles. The van der Waals surface area contributed by atoms with E-state index in [9.17, 15) is 4.79 Å². The van der Waals surface area contributed by atoms with E-state index >= 15 is 0 Å². The van der Waals surface area contributed by atoms with Crippen LogP contribution in [-0.4, -0.2) is 29.1 Å². The number of amides is 1. The fraction of sp³-hybridized carbons (Fsp3) is 0.286. The van der Waals surface area contributed by atoms with Crippen molar-refractivity contribution in [3.63, 3.8) is 0 Å². The molecule has 2 aromatic heterocycles. The van der Waals surface area contributed by atoms with Gasteiger partial charge >= 0.3 is 0 Å². The number of hydrogen-bond acceptors (Lipinski definition) is 6. The monoisotopic (exact) mass is 377 g/mol. The van der Waals surface area contributed by atoms with Gasteiger partial charge in [0.1, 0.15) is 11.5 Å². The molecule has 144 valence electrons. The number of carbonyl (C=O) groups excluding carboxylic acids is 1. The van der Waals surface area contributed by atoms with E-state index in [2.05, 4.69) is 37.8 Å². The van der Waals surface area contributed by atoms with Gasteiger partial charge in [0.15, 0.2) is 5.82 Å². The van der Waals surface area contributed by atoms with E-state index in [4.69, 9.17) is 4.52 Å². The summed E-state index contributed by atoms with van der Waals surface area (Å²) in [5, 5.41) is 9.84. The fourth-order valence-corrected chi connectivity index (χ4v) is 3.28. The summed E-state index contributed by atoms with van der Waals surface area (Å²) in [5.74, 6) is 1.08. The van der Waals surface area contributed by atoms with Crippen LogP contribution in [0.15, 0.2) is 53.2 Å². The highest BCUT2D eigenvalue weighted by Gasteiger charge is 2.12. The lowest BCUT2D eigenvalue weighted by Crippen LogP contribution is -2.29. The van der Waals surface area contributed by atoms with E-state index in [-0.39, 0.29) is 5.91 Å². The van der Waals surface area contributed by atoms with Crippen molar-refractivity contribution in [2.45, 2.75) is 26.2 Å². The lowest BCUT2D eigenvalue weighted by molar-refractivity contribution is 0.102. The predicted octanol–water partition coefficient (Wildman–Crippen LogP) is 4.36. The zero-order valence-electron chi connectivity index (χ0n) is 15.8. The average Bonchev–Trinajstić information content (AvgIpc) is 3.14. The van der Waals surface area contributed by atoms with Gasteiger partial charge in [0, 0.05) is 30.5 Å². The number of rotatable bonds is 5. The summed E-state index contributed by atoms with van der Waals surface area (Å²) in [5.41, 5.74) is 3.04. The Hall–Kier alpha value is -3.35. The van der Waals surface area contributed by atoms with E-state index in [0.29, 0.717) is 11.5 Å². The van der Waals surface area contributed by atoms with Gasteiger partial charge in [0.2, 0.25) is 0 Å². The molecule has 0 atom stereocenters. The summed E-state index contributed by atoms with van der Waals surface area (Å²) in [6.45, 7) is 4.02. The van der Waals surface area contributed by atoms with Gasteiger partial charge in [-0.25, -0.2) is 4.98 Å². The van der Waals surface area contributed by atoms with E-state index in [1.165, 1.54) is 24.9 Å². The second-order valence-corrected chi connectivity index (χ2v) is 6.93. The van der Waals surface area contributed by atoms with Crippen LogP contribution in [0.25, 0.3) is 0 Å². The fourth-order valence-electron chi connectivity index (χ4n) is 3.28. The lowest BCUT2D eigenvalue weighted by atomic mass is 10.1. The van der Waals surface area contributed by atoms with Crippen LogP contribution in [0.5, 0.6) is 0 Å². The van der Waals surface area contributed by atoms with Gasteiger partial charge in [-0.15, -0.1) is 0 Å². The first-order valence-corrected chi connectivity index (χ1v) is 9.50. The topological polar surface area (TPSA) is 83.3 Å². The minimum atomic E-state index is -0.241. The van der Waals surface area contributed by atoms with Crippen molar-refractivity contribution < 1.29 is 9.32 Å². The third kappa shape index (κ3) is 4.31. The van der Waals surface area contributed by atoms with Crippen molar-refractivity contribution >= 4 is 28.8 Å². The van der Waals surface area contributed by atoms with Gasteiger partial charge in [0.05, 0.1) is 11.9 Å². The van der Waals surface area contributed by atoms with Crippen molar-refractivity contribution in [2.75, 3.05) is 28.6 Å². The van der Waals surface area contributed by atoms with Crippen LogP contribution in [0, 0.1) is 6.92 Å². The van der Waals surface area contributed by atoms with Crippen LogP contribution < -0.4 is 15.5 Å². The van der Waals surface area contributed by atoms with Crippen molar-refractivity contribution in [3.05, 3.63) is 60.1 Å². The SMILES string of the molecule is Cc1cc(Nc2ccc(C(=O)Nc3ccc(N4CCCCC4)cc3)nc2)no1. The Morgan fingerprint density at radius 2 is 1.79 bits per heavy atom. The molecule has 1 aliphatic rings. The number of nitrogens with zero attached hydrogens (tertiary/aromatic N) is 3. The van der Waals surface area contributed by atoms with E-state index in [1.54, 1.807) is 24.4 Å². The minimum Gasteiger partial charge on any atom is -0.372 e. The number of carbonyl (C=O) groups is 1. The molecular formula is C21H23N5O2. The maximum absolute atomic E-state index is 12.4. The standard InChI is InChI=1S/C21H23N5O2/c1-15-13-20(25-28-15)23-17-7-10-19(22-14-17)21(27)24-16-5-8-18(9-6-16)26-11-3-2-4-12-26/h5-10,13-14H,2-4,11-12H2,1H3,(H,23,25)(H,24,27). The van der Waals surface area contributed by atoms with Crippen LogP contribution in [0.3, 0.4) is 0 Å². The number of nitrogens with one attached hydrogen (secondary N) is 2. The molecule has 1 fully saturated rings. The van der Waals surface area contributed by atoms with E-state index in [1.807, 2.05) is 19.1 Å². The normalized spacial score (nSPS) is 14.0. The van der Waals surface area contributed by atoms with Crippen molar-refractivity contribution in [1.82, 2.24) is 10.1 Å². The van der Waals surface area contributed by atoms with Crippen molar-refractivity contribution in [3.8, 4) is 0 Å². The Balaban J connectivity index is 1.36. The molecular weight excluding hydrogens is 354 g/mol. The number of piperidine rings is 1. The molecule has 7 heteroatoms. The first kappa shape index (κ1) is 18.0. The highest BCUT2D eigenvalue weighted by molar-refractivity contribution is 6.03. The van der Waals surface area contributed by atoms with Crippen LogP contribution in [-0.2, 0) is 0 Å². The second kappa shape index (κ2) is 8.12. The van der Waals surface area contributed by atoms with Crippen LogP contribution in [0.2, 0.25) is 0 Å². The number of hydrogen-bond donors (Lipinski definition) is 2. The van der Waals surface area contributed by atoms with E-state index < -0.39 is 0 Å².